The van der Waals surface area contributed by atoms with Gasteiger partial charge >= 0.3 is 0 Å². The van der Waals surface area contributed by atoms with Gasteiger partial charge in [0.1, 0.15) is 0 Å². The maximum absolute atomic E-state index is 11.4. The molecule has 1 aliphatic heterocycles. The molecule has 6 nitrogen and oxygen atoms in total. The van der Waals surface area contributed by atoms with E-state index in [1.165, 1.54) is 0 Å². The smallest absolute Gasteiger partial charge is 0.235 e. The number of likely N-dealkylation sites (tertiary alicyclic amines) is 1. The molecule has 0 spiro atoms. The number of ether oxygens (including phenoxy) is 2. The Morgan fingerprint density at radius 2 is 1.83 bits per heavy atom. The summed E-state index contributed by atoms with van der Waals surface area (Å²) in [4.78, 5) is 13.5. The highest BCUT2D eigenvalue weighted by Crippen LogP contribution is 2.15. The Hall–Kier alpha value is -0.690. The number of carbonyl (C=O) groups excluding carboxylic acids is 1. The molecule has 106 valence electrons. The van der Waals surface area contributed by atoms with Crippen molar-refractivity contribution in [1.82, 2.24) is 10.2 Å². The van der Waals surface area contributed by atoms with Gasteiger partial charge in [-0.1, -0.05) is 13.8 Å². The molecule has 1 heterocycles. The second-order valence-electron chi connectivity index (χ2n) is 5.04. The molecule has 6 heteroatoms. The lowest BCUT2D eigenvalue weighted by Crippen LogP contribution is -2.51. The van der Waals surface area contributed by atoms with Crippen LogP contribution in [0.15, 0.2) is 0 Å². The number of methoxy groups -OCH3 is 2. The van der Waals surface area contributed by atoms with E-state index in [2.05, 4.69) is 10.2 Å². The van der Waals surface area contributed by atoms with Gasteiger partial charge in [0.05, 0.1) is 18.2 Å². The number of primary amides is 1. The molecular weight excluding hydrogens is 234 g/mol. The molecule has 0 radical (unpaired) electrons. The van der Waals surface area contributed by atoms with Crippen LogP contribution in [0.1, 0.15) is 13.8 Å². The molecule has 1 saturated heterocycles. The van der Waals surface area contributed by atoms with Crippen molar-refractivity contribution in [3.05, 3.63) is 0 Å². The van der Waals surface area contributed by atoms with Gasteiger partial charge in [-0.3, -0.25) is 9.69 Å². The van der Waals surface area contributed by atoms with Crippen LogP contribution in [0.5, 0.6) is 0 Å². The zero-order valence-electron chi connectivity index (χ0n) is 11.7. The molecule has 18 heavy (non-hydrogen) atoms. The molecule has 1 amide bonds. The summed E-state index contributed by atoms with van der Waals surface area (Å²) in [5.74, 6) is -0.321. The van der Waals surface area contributed by atoms with Gasteiger partial charge in [0, 0.05) is 39.9 Å². The van der Waals surface area contributed by atoms with Gasteiger partial charge in [-0.2, -0.15) is 0 Å². The second-order valence-corrected chi connectivity index (χ2v) is 5.04. The molecule has 3 atom stereocenters. The van der Waals surface area contributed by atoms with Gasteiger partial charge in [-0.25, -0.2) is 0 Å². The van der Waals surface area contributed by atoms with Gasteiger partial charge in [0.25, 0.3) is 0 Å². The summed E-state index contributed by atoms with van der Waals surface area (Å²) in [6.45, 7) is 6.11. The number of rotatable bonds is 7. The maximum Gasteiger partial charge on any atom is 0.235 e. The predicted molar refractivity (Wildman–Crippen MR) is 69.3 cm³/mol. The Morgan fingerprint density at radius 1 is 1.33 bits per heavy atom. The van der Waals surface area contributed by atoms with Gasteiger partial charge in [0.15, 0.2) is 0 Å². The second kappa shape index (κ2) is 7.04. The Labute approximate surface area is 109 Å². The van der Waals surface area contributed by atoms with Crippen LogP contribution >= 0.6 is 0 Å². The van der Waals surface area contributed by atoms with Crippen molar-refractivity contribution in [3.63, 3.8) is 0 Å². The third-order valence-corrected chi connectivity index (χ3v) is 3.22. The van der Waals surface area contributed by atoms with Crippen LogP contribution in [0.3, 0.4) is 0 Å². The SMILES string of the molecule is COC1CN(CC(NC(C)C)C(N)=O)CC1OC. The Kier molecular flexibility index (Phi) is 6.01. The molecule has 0 aromatic heterocycles. The molecule has 1 rings (SSSR count). The Morgan fingerprint density at radius 3 is 2.17 bits per heavy atom. The van der Waals surface area contributed by atoms with Crippen LogP contribution in [0.25, 0.3) is 0 Å². The van der Waals surface area contributed by atoms with Gasteiger partial charge in [0.2, 0.25) is 5.91 Å². The molecule has 3 N–H and O–H groups in total. The molecule has 0 aliphatic carbocycles. The van der Waals surface area contributed by atoms with Crippen molar-refractivity contribution in [3.8, 4) is 0 Å². The minimum Gasteiger partial charge on any atom is -0.377 e. The van der Waals surface area contributed by atoms with Gasteiger partial charge in [-0.05, 0) is 0 Å². The number of nitrogens with zero attached hydrogens (tertiary/aromatic N) is 1. The lowest BCUT2D eigenvalue weighted by molar-refractivity contribution is -0.120. The zero-order chi connectivity index (χ0) is 13.7. The molecular formula is C12H25N3O3. The highest BCUT2D eigenvalue weighted by molar-refractivity contribution is 5.80. The summed E-state index contributed by atoms with van der Waals surface area (Å²) in [5, 5.41) is 3.17. The largest absolute Gasteiger partial charge is 0.377 e. The molecule has 1 aliphatic rings. The number of amides is 1. The standard InChI is InChI=1S/C12H25N3O3/c1-8(2)14-9(12(13)16)5-15-6-10(17-3)11(7-15)18-4/h8-11,14H,5-7H2,1-4H3,(H2,13,16). The van der Waals surface area contributed by atoms with E-state index in [0.717, 1.165) is 13.1 Å². The summed E-state index contributed by atoms with van der Waals surface area (Å²) in [5.41, 5.74) is 5.41. The molecule has 0 aromatic carbocycles. The summed E-state index contributed by atoms with van der Waals surface area (Å²) in [7, 11) is 3.36. The highest BCUT2D eigenvalue weighted by Gasteiger charge is 2.34. The van der Waals surface area contributed by atoms with E-state index in [4.69, 9.17) is 15.2 Å². The fraction of sp³-hybridized carbons (Fsp3) is 0.917. The monoisotopic (exact) mass is 259 g/mol. The van der Waals surface area contributed by atoms with E-state index < -0.39 is 0 Å². The normalized spacial score (nSPS) is 26.7. The predicted octanol–water partition coefficient (Wildman–Crippen LogP) is -0.816. The third-order valence-electron chi connectivity index (χ3n) is 3.22. The Bertz CT molecular complexity index is 261. The van der Waals surface area contributed by atoms with E-state index in [1.54, 1.807) is 14.2 Å². The average molecular weight is 259 g/mol. The van der Waals surface area contributed by atoms with Crippen molar-refractivity contribution >= 4 is 5.91 Å². The first-order chi connectivity index (χ1) is 8.47. The van der Waals surface area contributed by atoms with Crippen LogP contribution in [0.4, 0.5) is 0 Å². The highest BCUT2D eigenvalue weighted by atomic mass is 16.5. The molecule has 3 unspecified atom stereocenters. The Balaban J connectivity index is 2.52. The summed E-state index contributed by atoms with van der Waals surface area (Å²) in [6, 6.07) is -0.111. The number of carbonyl (C=O) groups is 1. The minimum absolute atomic E-state index is 0.0579. The maximum atomic E-state index is 11.4. The van der Waals surface area contributed by atoms with Crippen molar-refractivity contribution in [2.45, 2.75) is 38.1 Å². The zero-order valence-corrected chi connectivity index (χ0v) is 11.7. The topological polar surface area (TPSA) is 76.8 Å². The number of nitrogens with one attached hydrogen (secondary N) is 1. The first-order valence-electron chi connectivity index (χ1n) is 6.31. The van der Waals surface area contributed by atoms with E-state index >= 15 is 0 Å². The van der Waals surface area contributed by atoms with Crippen molar-refractivity contribution in [2.24, 2.45) is 5.73 Å². The van der Waals surface area contributed by atoms with Crippen LogP contribution in [0.2, 0.25) is 0 Å². The van der Waals surface area contributed by atoms with Crippen LogP contribution < -0.4 is 11.1 Å². The number of hydrogen-bond acceptors (Lipinski definition) is 5. The van der Waals surface area contributed by atoms with E-state index in [1.807, 2.05) is 13.8 Å². The quantitative estimate of drug-likeness (QED) is 0.625. The van der Waals surface area contributed by atoms with Crippen molar-refractivity contribution in [1.29, 1.82) is 0 Å². The van der Waals surface area contributed by atoms with Gasteiger partial charge < -0.3 is 20.5 Å². The van der Waals surface area contributed by atoms with Crippen LogP contribution in [0, 0.1) is 0 Å². The van der Waals surface area contributed by atoms with Crippen LogP contribution in [-0.4, -0.2) is 69.0 Å². The van der Waals surface area contributed by atoms with Gasteiger partial charge in [-0.15, -0.1) is 0 Å². The summed E-state index contributed by atoms with van der Waals surface area (Å²) in [6.07, 6.45) is 0.116. The molecule has 0 bridgehead atoms. The van der Waals surface area contributed by atoms with Crippen molar-refractivity contribution in [2.75, 3.05) is 33.9 Å². The fourth-order valence-electron chi connectivity index (χ4n) is 2.31. The fourth-order valence-corrected chi connectivity index (χ4v) is 2.31. The molecule has 0 aromatic rings. The van der Waals surface area contributed by atoms with Crippen molar-refractivity contribution < 1.29 is 14.3 Å². The summed E-state index contributed by atoms with van der Waals surface area (Å²) < 4.78 is 10.7. The van der Waals surface area contributed by atoms with Crippen LogP contribution in [-0.2, 0) is 14.3 Å². The molecule has 1 fully saturated rings. The number of hydrogen-bond donors (Lipinski definition) is 2. The lowest BCUT2D eigenvalue weighted by atomic mass is 10.2. The average Bonchev–Trinajstić information content (AvgIpc) is 2.69. The first kappa shape index (κ1) is 15.4. The minimum atomic E-state index is -0.335. The lowest BCUT2D eigenvalue weighted by Gasteiger charge is -2.24. The first-order valence-corrected chi connectivity index (χ1v) is 6.31. The van der Waals surface area contributed by atoms with E-state index in [9.17, 15) is 4.79 Å². The van der Waals surface area contributed by atoms with E-state index in [0.29, 0.717) is 6.54 Å². The van der Waals surface area contributed by atoms with E-state index in [-0.39, 0.29) is 30.2 Å². The molecule has 0 saturated carbocycles. The third kappa shape index (κ3) is 4.20. The summed E-state index contributed by atoms with van der Waals surface area (Å²) >= 11 is 0. The number of nitrogens with two attached hydrogens (primary N) is 1.